The summed E-state index contributed by atoms with van der Waals surface area (Å²) < 4.78 is 7.24. The number of hydrogen-bond acceptors (Lipinski definition) is 5. The van der Waals surface area contributed by atoms with Gasteiger partial charge in [-0.25, -0.2) is 0 Å². The largest absolute Gasteiger partial charge is 0.497 e. The molecule has 3 rings (SSSR count). The molecule has 0 N–H and O–H groups in total. The summed E-state index contributed by atoms with van der Waals surface area (Å²) in [5.74, 6) is 1.80. The van der Waals surface area contributed by atoms with Crippen molar-refractivity contribution in [2.24, 2.45) is 0 Å². The zero-order valence-electron chi connectivity index (χ0n) is 18.4. The first-order chi connectivity index (χ1) is 14.8. The Bertz CT molecular complexity index is 1010. The zero-order valence-corrected chi connectivity index (χ0v) is 19.9. The van der Waals surface area contributed by atoms with Crippen molar-refractivity contribution in [3.05, 3.63) is 53.6 Å². The number of aromatic nitrogens is 3. The van der Waals surface area contributed by atoms with Gasteiger partial charge in [0, 0.05) is 28.4 Å². The molecule has 0 fully saturated rings. The normalized spacial score (nSPS) is 11.2. The van der Waals surface area contributed by atoms with Gasteiger partial charge in [-0.15, -0.1) is 10.2 Å². The number of halogens is 1. The third-order valence-electron chi connectivity index (χ3n) is 4.79. The second-order valence-electron chi connectivity index (χ2n) is 7.62. The van der Waals surface area contributed by atoms with Gasteiger partial charge in [0.1, 0.15) is 5.75 Å². The fourth-order valence-electron chi connectivity index (χ4n) is 3.49. The quantitative estimate of drug-likeness (QED) is 0.427. The predicted molar refractivity (Wildman–Crippen MR) is 126 cm³/mol. The highest BCUT2D eigenvalue weighted by atomic mass is 35.5. The number of nitrogens with zero attached hydrogens (tertiary/aromatic N) is 4. The summed E-state index contributed by atoms with van der Waals surface area (Å²) in [4.78, 5) is 14.8. The Morgan fingerprint density at radius 3 is 2.19 bits per heavy atom. The molecule has 0 aliphatic heterocycles. The minimum Gasteiger partial charge on any atom is -0.497 e. The molecule has 0 bridgehead atoms. The third kappa shape index (κ3) is 5.40. The van der Waals surface area contributed by atoms with Gasteiger partial charge < -0.3 is 9.64 Å². The highest BCUT2D eigenvalue weighted by Gasteiger charge is 2.22. The number of methoxy groups -OCH3 is 1. The Morgan fingerprint density at radius 1 is 1.03 bits per heavy atom. The molecule has 164 valence electrons. The molecule has 0 spiro atoms. The van der Waals surface area contributed by atoms with Crippen LogP contribution in [-0.4, -0.2) is 50.5 Å². The first-order valence-electron chi connectivity index (χ1n) is 10.1. The van der Waals surface area contributed by atoms with E-state index in [1.165, 1.54) is 11.8 Å². The van der Waals surface area contributed by atoms with E-state index in [0.29, 0.717) is 16.0 Å². The van der Waals surface area contributed by atoms with E-state index < -0.39 is 0 Å². The number of carbonyl (C=O) groups excluding carboxylic acids is 1. The number of amides is 1. The molecule has 1 aromatic heterocycles. The van der Waals surface area contributed by atoms with Gasteiger partial charge in [-0.05, 0) is 76.2 Å². The summed E-state index contributed by atoms with van der Waals surface area (Å²) >= 11 is 7.44. The van der Waals surface area contributed by atoms with Crippen LogP contribution in [0.1, 0.15) is 27.7 Å². The first kappa shape index (κ1) is 23.2. The number of carbonyl (C=O) groups is 1. The molecule has 8 heteroatoms. The second-order valence-corrected chi connectivity index (χ2v) is 9.00. The number of benzene rings is 2. The average Bonchev–Trinajstić information content (AvgIpc) is 3.16. The van der Waals surface area contributed by atoms with E-state index in [-0.39, 0.29) is 23.7 Å². The molecule has 6 nitrogen and oxygen atoms in total. The number of ether oxygens (including phenoxy) is 1. The molecule has 0 saturated carbocycles. The third-order valence-corrected chi connectivity index (χ3v) is 5.96. The molecule has 0 aliphatic rings. The lowest BCUT2D eigenvalue weighted by molar-refractivity contribution is -0.131. The Balaban J connectivity index is 1.96. The number of hydrogen-bond donors (Lipinski definition) is 0. The van der Waals surface area contributed by atoms with Gasteiger partial charge in [0.05, 0.1) is 12.9 Å². The van der Waals surface area contributed by atoms with Crippen LogP contribution in [-0.2, 0) is 4.79 Å². The molecule has 0 saturated heterocycles. The molecule has 2 aromatic carbocycles. The maximum Gasteiger partial charge on any atom is 0.233 e. The summed E-state index contributed by atoms with van der Waals surface area (Å²) in [5.41, 5.74) is 1.77. The van der Waals surface area contributed by atoms with Crippen molar-refractivity contribution in [1.82, 2.24) is 19.7 Å². The Kier molecular flexibility index (Phi) is 7.62. The van der Waals surface area contributed by atoms with Gasteiger partial charge in [0.15, 0.2) is 11.0 Å². The highest BCUT2D eigenvalue weighted by Crippen LogP contribution is 2.30. The Hall–Kier alpha value is -2.51. The number of rotatable bonds is 8. The summed E-state index contributed by atoms with van der Waals surface area (Å²) in [7, 11) is 1.63. The zero-order chi connectivity index (χ0) is 22.5. The minimum atomic E-state index is 0.0762. The van der Waals surface area contributed by atoms with Crippen LogP contribution < -0.4 is 4.74 Å². The van der Waals surface area contributed by atoms with Gasteiger partial charge in [-0.1, -0.05) is 23.4 Å². The van der Waals surface area contributed by atoms with Crippen molar-refractivity contribution in [2.75, 3.05) is 12.9 Å². The lowest BCUT2D eigenvalue weighted by Gasteiger charge is -2.30. The van der Waals surface area contributed by atoms with E-state index in [1.54, 1.807) is 7.11 Å². The molecular formula is C23H27ClN4O2S. The molecule has 0 aliphatic carbocycles. The van der Waals surface area contributed by atoms with Crippen molar-refractivity contribution in [2.45, 2.75) is 44.9 Å². The van der Waals surface area contributed by atoms with Crippen LogP contribution in [0.4, 0.5) is 0 Å². The lowest BCUT2D eigenvalue weighted by atomic mass is 10.2. The monoisotopic (exact) mass is 458 g/mol. The van der Waals surface area contributed by atoms with Gasteiger partial charge in [-0.3, -0.25) is 9.36 Å². The van der Waals surface area contributed by atoms with Gasteiger partial charge in [0.2, 0.25) is 5.91 Å². The van der Waals surface area contributed by atoms with E-state index >= 15 is 0 Å². The van der Waals surface area contributed by atoms with Crippen LogP contribution in [0.2, 0.25) is 5.02 Å². The maximum atomic E-state index is 12.9. The van der Waals surface area contributed by atoms with Gasteiger partial charge >= 0.3 is 0 Å². The first-order valence-corrected chi connectivity index (χ1v) is 11.5. The van der Waals surface area contributed by atoms with E-state index in [1.807, 2.05) is 85.7 Å². The van der Waals surface area contributed by atoms with Crippen LogP contribution in [0, 0.1) is 0 Å². The van der Waals surface area contributed by atoms with E-state index in [0.717, 1.165) is 17.0 Å². The van der Waals surface area contributed by atoms with Crippen molar-refractivity contribution in [1.29, 1.82) is 0 Å². The van der Waals surface area contributed by atoms with Crippen LogP contribution in [0.3, 0.4) is 0 Å². The molecular weight excluding hydrogens is 432 g/mol. The van der Waals surface area contributed by atoms with Crippen molar-refractivity contribution >= 4 is 29.3 Å². The van der Waals surface area contributed by atoms with E-state index in [2.05, 4.69) is 10.2 Å². The van der Waals surface area contributed by atoms with E-state index in [4.69, 9.17) is 16.3 Å². The SMILES string of the molecule is COc1ccc(-n2c(SCC(=O)N(C(C)C)C(C)C)nnc2-c2ccc(Cl)cc2)cc1. The smallest absolute Gasteiger partial charge is 0.233 e. The van der Waals surface area contributed by atoms with Crippen LogP contribution in [0.5, 0.6) is 5.75 Å². The van der Waals surface area contributed by atoms with Crippen LogP contribution in [0.15, 0.2) is 53.7 Å². The topological polar surface area (TPSA) is 60.2 Å². The predicted octanol–water partition coefficient (Wildman–Crippen LogP) is 5.33. The minimum absolute atomic E-state index is 0.0762. The van der Waals surface area contributed by atoms with Gasteiger partial charge in [-0.2, -0.15) is 0 Å². The fraction of sp³-hybridized carbons (Fsp3) is 0.348. The second kappa shape index (κ2) is 10.2. The lowest BCUT2D eigenvalue weighted by Crippen LogP contribution is -2.43. The molecule has 0 atom stereocenters. The van der Waals surface area contributed by atoms with Crippen molar-refractivity contribution in [3.63, 3.8) is 0 Å². The Morgan fingerprint density at radius 2 is 1.65 bits per heavy atom. The standard InChI is InChI=1S/C23H27ClN4O2S/c1-15(2)27(16(3)4)21(29)14-31-23-26-25-22(17-6-8-18(24)9-7-17)28(23)19-10-12-20(30-5)13-11-19/h6-13,15-16H,14H2,1-5H3. The fourth-order valence-corrected chi connectivity index (χ4v) is 4.43. The summed E-state index contributed by atoms with van der Waals surface area (Å²) in [5, 5.41) is 10.1. The average molecular weight is 459 g/mol. The molecule has 0 radical (unpaired) electrons. The summed E-state index contributed by atoms with van der Waals surface area (Å²) in [6.07, 6.45) is 0. The molecule has 31 heavy (non-hydrogen) atoms. The van der Waals surface area contributed by atoms with Crippen LogP contribution in [0.25, 0.3) is 17.1 Å². The maximum absolute atomic E-state index is 12.9. The highest BCUT2D eigenvalue weighted by molar-refractivity contribution is 7.99. The summed E-state index contributed by atoms with van der Waals surface area (Å²) in [6.45, 7) is 8.12. The van der Waals surface area contributed by atoms with E-state index in [9.17, 15) is 4.79 Å². The molecule has 3 aromatic rings. The molecule has 1 heterocycles. The summed E-state index contributed by atoms with van der Waals surface area (Å²) in [6, 6.07) is 15.4. The van der Waals surface area contributed by atoms with Crippen molar-refractivity contribution in [3.8, 4) is 22.8 Å². The number of thioether (sulfide) groups is 1. The molecule has 0 unspecified atom stereocenters. The Labute approximate surface area is 192 Å². The van der Waals surface area contributed by atoms with Gasteiger partial charge in [0.25, 0.3) is 0 Å². The van der Waals surface area contributed by atoms with Crippen molar-refractivity contribution < 1.29 is 9.53 Å². The molecule has 1 amide bonds. The van der Waals surface area contributed by atoms with Crippen LogP contribution >= 0.6 is 23.4 Å².